The summed E-state index contributed by atoms with van der Waals surface area (Å²) < 4.78 is 47.6. The largest absolute Gasteiger partial charge is 0.504 e. The van der Waals surface area contributed by atoms with Crippen molar-refractivity contribution in [3.8, 4) is 5.75 Å². The van der Waals surface area contributed by atoms with E-state index in [9.17, 15) is 37.5 Å². The predicted molar refractivity (Wildman–Crippen MR) is 192 cm³/mol. The molecular formula is C35H36ClF3N10O6. The molecule has 290 valence electrons. The van der Waals surface area contributed by atoms with Crippen molar-refractivity contribution in [3.05, 3.63) is 74.4 Å². The fourth-order valence-corrected chi connectivity index (χ4v) is 7.37. The van der Waals surface area contributed by atoms with Crippen LogP contribution in [0.25, 0.3) is 11.4 Å². The highest BCUT2D eigenvalue weighted by Crippen LogP contribution is 2.34. The number of anilines is 2. The van der Waals surface area contributed by atoms with E-state index in [-0.39, 0.29) is 89.9 Å². The zero-order chi connectivity index (χ0) is 39.2. The second-order valence-corrected chi connectivity index (χ2v) is 13.7. The first-order valence-electron chi connectivity index (χ1n) is 17.6. The number of rotatable bonds is 8. The second-order valence-electron chi connectivity index (χ2n) is 13.3. The third kappa shape index (κ3) is 7.27. The van der Waals surface area contributed by atoms with E-state index < -0.39 is 35.7 Å². The quantitative estimate of drug-likeness (QED) is 0.265. The van der Waals surface area contributed by atoms with Crippen LogP contribution in [0.2, 0.25) is 5.02 Å². The smallest absolute Gasteiger partial charge is 0.416 e. The van der Waals surface area contributed by atoms with Gasteiger partial charge >= 0.3 is 12.3 Å². The van der Waals surface area contributed by atoms with Gasteiger partial charge in [0.2, 0.25) is 11.7 Å². The number of carbonyl (C=O) groups is 3. The minimum atomic E-state index is -4.63. The maximum absolute atomic E-state index is 14.4. The number of cyclic esters (lactones) is 1. The molecular weight excluding hydrogens is 749 g/mol. The summed E-state index contributed by atoms with van der Waals surface area (Å²) in [5.41, 5.74) is 0.0735. The van der Waals surface area contributed by atoms with Crippen LogP contribution in [0.15, 0.2) is 35.4 Å². The highest BCUT2D eigenvalue weighted by Gasteiger charge is 2.34. The number of hydrogen-bond acceptors (Lipinski definition) is 11. The Balaban J connectivity index is 1.22. The number of piperazine rings is 1. The van der Waals surface area contributed by atoms with Crippen LogP contribution in [0.4, 0.5) is 29.3 Å². The summed E-state index contributed by atoms with van der Waals surface area (Å²) in [5.74, 6) is -1.10. The Morgan fingerprint density at radius 3 is 2.51 bits per heavy atom. The average molecular weight is 785 g/mol. The predicted octanol–water partition coefficient (Wildman–Crippen LogP) is 3.92. The van der Waals surface area contributed by atoms with Gasteiger partial charge in [-0.05, 0) is 56.4 Å². The van der Waals surface area contributed by atoms with Crippen molar-refractivity contribution >= 4 is 52.2 Å². The Labute approximate surface area is 316 Å². The number of aromatic hydroxyl groups is 1. The number of hydrogen-bond donors (Lipinski definition) is 2. The van der Waals surface area contributed by atoms with Crippen molar-refractivity contribution < 1.29 is 37.4 Å². The molecule has 20 heteroatoms. The first kappa shape index (κ1) is 37.6. The van der Waals surface area contributed by atoms with Crippen molar-refractivity contribution in [1.29, 1.82) is 0 Å². The lowest BCUT2D eigenvalue weighted by Gasteiger charge is -2.36. The monoisotopic (exact) mass is 784 g/mol. The molecule has 2 fully saturated rings. The molecule has 2 N–H and O–H groups in total. The van der Waals surface area contributed by atoms with Gasteiger partial charge in [0.1, 0.15) is 25.2 Å². The van der Waals surface area contributed by atoms with Crippen LogP contribution in [0.5, 0.6) is 5.75 Å². The molecule has 1 aromatic carbocycles. The van der Waals surface area contributed by atoms with E-state index in [1.54, 1.807) is 28.2 Å². The molecule has 5 heterocycles. The highest BCUT2D eigenvalue weighted by atomic mass is 35.5. The van der Waals surface area contributed by atoms with E-state index in [1.807, 2.05) is 6.08 Å². The molecule has 0 bridgehead atoms. The fourth-order valence-electron chi connectivity index (χ4n) is 7.14. The third-order valence-corrected chi connectivity index (χ3v) is 10.3. The number of nitrogens with one attached hydrogen (secondary N) is 1. The molecule has 0 radical (unpaired) electrons. The van der Waals surface area contributed by atoms with Gasteiger partial charge < -0.3 is 34.4 Å². The van der Waals surface area contributed by atoms with Gasteiger partial charge in [-0.2, -0.15) is 22.7 Å². The minimum Gasteiger partial charge on any atom is -0.504 e. The van der Waals surface area contributed by atoms with E-state index in [0.29, 0.717) is 38.1 Å². The number of carbonyl (C=O) groups excluding carboxylic acids is 3. The molecule has 3 amide bonds. The van der Waals surface area contributed by atoms with Crippen molar-refractivity contribution in [3.63, 3.8) is 0 Å². The maximum Gasteiger partial charge on any atom is 0.416 e. The molecule has 1 unspecified atom stereocenters. The van der Waals surface area contributed by atoms with E-state index in [4.69, 9.17) is 21.3 Å². The SMILES string of the molecule is CCc1c(N2CCN(C(=O)c3ncnc(C)c3O)CC2)c(=O)n2nc(C3=CCC(N4CCOC4=O)CC3)nc2n1CC(=O)Nc1ccc(C(F)(F)F)cc1Cl. The topological polar surface area (TPSA) is 180 Å². The van der Waals surface area contributed by atoms with Gasteiger partial charge in [-0.25, -0.2) is 14.8 Å². The molecule has 16 nitrogen and oxygen atoms in total. The van der Waals surface area contributed by atoms with Crippen molar-refractivity contribution in [2.24, 2.45) is 0 Å². The summed E-state index contributed by atoms with van der Waals surface area (Å²) in [6.07, 6.45) is 0.0704. The Morgan fingerprint density at radius 1 is 1.11 bits per heavy atom. The number of allylic oxidation sites excluding steroid dienone is 1. The van der Waals surface area contributed by atoms with Gasteiger partial charge in [-0.3, -0.25) is 14.4 Å². The Hall–Kier alpha value is -5.72. The zero-order valence-electron chi connectivity index (χ0n) is 29.8. The highest BCUT2D eigenvalue weighted by molar-refractivity contribution is 6.33. The molecule has 7 rings (SSSR count). The molecule has 2 saturated heterocycles. The number of halogens is 4. The van der Waals surface area contributed by atoms with Gasteiger partial charge in [0, 0.05) is 32.2 Å². The lowest BCUT2D eigenvalue weighted by molar-refractivity contribution is -0.137. The van der Waals surface area contributed by atoms with Crippen molar-refractivity contribution in [2.45, 2.75) is 58.3 Å². The number of amides is 3. The molecule has 1 atom stereocenters. The summed E-state index contributed by atoms with van der Waals surface area (Å²) in [4.78, 5) is 71.0. The van der Waals surface area contributed by atoms with Crippen molar-refractivity contribution in [2.75, 3.05) is 49.5 Å². The van der Waals surface area contributed by atoms with Gasteiger partial charge in [0.15, 0.2) is 17.3 Å². The minimum absolute atomic E-state index is 0.0355. The number of aromatic nitrogens is 6. The first-order chi connectivity index (χ1) is 26.2. The number of aryl methyl sites for hydroxylation is 1. The molecule has 0 spiro atoms. The van der Waals surface area contributed by atoms with Crippen molar-refractivity contribution in [1.82, 2.24) is 38.9 Å². The summed E-state index contributed by atoms with van der Waals surface area (Å²) in [5, 5.41) is 17.3. The summed E-state index contributed by atoms with van der Waals surface area (Å²) in [6, 6.07) is 2.55. The number of ether oxygens (including phenoxy) is 1. The Bertz CT molecular complexity index is 2290. The van der Waals surface area contributed by atoms with Gasteiger partial charge in [0.05, 0.1) is 34.2 Å². The normalized spacial score (nSPS) is 17.8. The lowest BCUT2D eigenvalue weighted by atomic mass is 9.94. The Morgan fingerprint density at radius 2 is 1.87 bits per heavy atom. The van der Waals surface area contributed by atoms with E-state index >= 15 is 0 Å². The molecule has 0 saturated carbocycles. The van der Waals surface area contributed by atoms with Crippen LogP contribution in [0, 0.1) is 6.92 Å². The van der Waals surface area contributed by atoms with E-state index in [1.165, 1.54) is 11.2 Å². The number of fused-ring (bicyclic) bond motifs is 1. The average Bonchev–Trinajstić information content (AvgIpc) is 3.81. The van der Waals surface area contributed by atoms with Gasteiger partial charge in [-0.1, -0.05) is 24.6 Å². The molecule has 3 aromatic heterocycles. The summed E-state index contributed by atoms with van der Waals surface area (Å²) in [7, 11) is 0. The summed E-state index contributed by atoms with van der Waals surface area (Å²) >= 11 is 6.14. The molecule has 3 aliphatic rings. The third-order valence-electron chi connectivity index (χ3n) is 10.0. The molecule has 1 aliphatic carbocycles. The van der Waals surface area contributed by atoms with Crippen LogP contribution in [-0.4, -0.2) is 107 Å². The van der Waals surface area contributed by atoms with Gasteiger partial charge in [0.25, 0.3) is 11.5 Å². The van der Waals surface area contributed by atoms with Crippen LogP contribution < -0.4 is 15.8 Å². The number of alkyl halides is 3. The molecule has 4 aromatic rings. The zero-order valence-corrected chi connectivity index (χ0v) is 30.5. The molecule has 2 aliphatic heterocycles. The van der Waals surface area contributed by atoms with E-state index in [2.05, 4.69) is 20.4 Å². The first-order valence-corrected chi connectivity index (χ1v) is 18.0. The van der Waals surface area contributed by atoms with Crippen LogP contribution in [0.1, 0.15) is 59.5 Å². The second kappa shape index (κ2) is 14.8. The summed E-state index contributed by atoms with van der Waals surface area (Å²) in [6.45, 7) is 4.58. The number of nitrogens with zero attached hydrogens (tertiary/aromatic N) is 9. The molecule has 55 heavy (non-hydrogen) atoms. The number of benzene rings is 1. The van der Waals surface area contributed by atoms with Gasteiger partial charge in [-0.15, -0.1) is 5.10 Å². The Kier molecular flexibility index (Phi) is 10.1. The lowest BCUT2D eigenvalue weighted by Crippen LogP contribution is -2.51. The van der Waals surface area contributed by atoms with E-state index in [0.717, 1.165) is 28.3 Å². The standard InChI is InChI=1S/C35H36ClF3N10O6/c1-3-25-28(45-10-12-46(13-11-45)31(52)27-29(51)19(2)40-18-41-27)32(53)49-33(43-30(44-49)20-4-7-22(8-5-20)47-14-15-55-34(47)54)48(25)17-26(50)42-24-9-6-21(16-23(24)36)35(37,38)39/h4,6,9,16,18,22,51H,3,5,7-8,10-15,17H2,1-2H3,(H,42,50). The van der Waals surface area contributed by atoms with Crippen LogP contribution in [-0.2, 0) is 28.7 Å². The van der Waals surface area contributed by atoms with Crippen LogP contribution >= 0.6 is 11.6 Å². The maximum atomic E-state index is 14.4. The fraction of sp³-hybridized carbons (Fsp3) is 0.429. The van der Waals surface area contributed by atoms with Crippen LogP contribution in [0.3, 0.4) is 0 Å².